The third-order valence-corrected chi connectivity index (χ3v) is 4.34. The predicted molar refractivity (Wildman–Crippen MR) is 75.9 cm³/mol. The first-order valence-corrected chi connectivity index (χ1v) is 7.24. The van der Waals surface area contributed by atoms with Gasteiger partial charge in [0.2, 0.25) is 0 Å². The number of ether oxygens (including phenoxy) is 1. The van der Waals surface area contributed by atoms with Gasteiger partial charge < -0.3 is 10.1 Å². The van der Waals surface area contributed by atoms with Crippen molar-refractivity contribution in [3.63, 3.8) is 0 Å². The fraction of sp³-hybridized carbons (Fsp3) is 0.333. The second-order valence-corrected chi connectivity index (χ2v) is 5.58. The van der Waals surface area contributed by atoms with E-state index in [-0.39, 0.29) is 0 Å². The van der Waals surface area contributed by atoms with Crippen LogP contribution in [0.1, 0.15) is 35.4 Å². The Kier molecular flexibility index (Phi) is 3.35. The fourth-order valence-corrected chi connectivity index (χ4v) is 3.19. The average Bonchev–Trinajstić information content (AvgIpc) is 3.06. The van der Waals surface area contributed by atoms with Gasteiger partial charge >= 0.3 is 0 Å². The van der Waals surface area contributed by atoms with E-state index >= 15 is 0 Å². The predicted octanol–water partition coefficient (Wildman–Crippen LogP) is 4.34. The molecule has 18 heavy (non-hydrogen) atoms. The number of fused-ring (bicyclic) bond motifs is 1. The van der Waals surface area contributed by atoms with Crippen LogP contribution in [0.5, 0.6) is 0 Å². The van der Waals surface area contributed by atoms with Crippen LogP contribution in [-0.2, 0) is 18.0 Å². The van der Waals surface area contributed by atoms with Gasteiger partial charge in [-0.3, -0.25) is 0 Å². The summed E-state index contributed by atoms with van der Waals surface area (Å²) < 4.78 is 5.45. The van der Waals surface area contributed by atoms with Crippen molar-refractivity contribution in [2.75, 3.05) is 5.32 Å². The van der Waals surface area contributed by atoms with E-state index in [0.717, 1.165) is 19.6 Å². The van der Waals surface area contributed by atoms with Crippen molar-refractivity contribution in [2.24, 2.45) is 0 Å². The summed E-state index contributed by atoms with van der Waals surface area (Å²) >= 11 is 1.81. The topological polar surface area (TPSA) is 21.3 Å². The molecule has 0 bridgehead atoms. The highest BCUT2D eigenvalue weighted by atomic mass is 32.1. The first-order chi connectivity index (χ1) is 8.86. The van der Waals surface area contributed by atoms with Gasteiger partial charge in [-0.2, -0.15) is 0 Å². The van der Waals surface area contributed by atoms with Crippen LogP contribution in [0.4, 0.5) is 5.69 Å². The van der Waals surface area contributed by atoms with E-state index in [2.05, 4.69) is 48.0 Å². The molecule has 1 atom stereocenters. The van der Waals surface area contributed by atoms with Crippen LogP contribution >= 0.6 is 11.3 Å². The molecular formula is C15H17NOS. The lowest BCUT2D eigenvalue weighted by Crippen LogP contribution is -2.08. The molecular weight excluding hydrogens is 242 g/mol. The third kappa shape index (κ3) is 2.28. The zero-order valence-corrected chi connectivity index (χ0v) is 11.3. The molecule has 2 aromatic rings. The van der Waals surface area contributed by atoms with Crippen LogP contribution in [-0.4, -0.2) is 0 Å². The third-order valence-electron chi connectivity index (χ3n) is 3.36. The average molecular weight is 259 g/mol. The first kappa shape index (κ1) is 11.8. The van der Waals surface area contributed by atoms with Crippen LogP contribution < -0.4 is 5.32 Å². The molecule has 0 saturated heterocycles. The number of thiophene rings is 1. The quantitative estimate of drug-likeness (QED) is 0.881. The summed E-state index contributed by atoms with van der Waals surface area (Å²) in [6.07, 6.45) is 1.09. The zero-order valence-electron chi connectivity index (χ0n) is 10.5. The SMILES string of the molecule is CCC(Nc1ccc2c(c1)COC2)c1cccs1. The van der Waals surface area contributed by atoms with E-state index in [4.69, 9.17) is 4.74 Å². The Hall–Kier alpha value is -1.32. The highest BCUT2D eigenvalue weighted by molar-refractivity contribution is 7.10. The summed E-state index contributed by atoms with van der Waals surface area (Å²) in [5, 5.41) is 5.75. The Balaban J connectivity index is 1.79. The second-order valence-electron chi connectivity index (χ2n) is 4.60. The highest BCUT2D eigenvalue weighted by Crippen LogP contribution is 2.29. The minimum absolute atomic E-state index is 0.408. The molecule has 1 aromatic carbocycles. The molecule has 1 unspecified atom stereocenters. The van der Waals surface area contributed by atoms with E-state index in [9.17, 15) is 0 Å². The van der Waals surface area contributed by atoms with Crippen molar-refractivity contribution in [3.8, 4) is 0 Å². The van der Waals surface area contributed by atoms with Gasteiger partial charge in [0.1, 0.15) is 0 Å². The minimum Gasteiger partial charge on any atom is -0.377 e. The fourth-order valence-electron chi connectivity index (χ4n) is 2.33. The van der Waals surface area contributed by atoms with E-state index in [1.54, 1.807) is 0 Å². The van der Waals surface area contributed by atoms with E-state index in [0.29, 0.717) is 6.04 Å². The van der Waals surface area contributed by atoms with Gasteiger partial charge in [0.15, 0.2) is 0 Å². The van der Waals surface area contributed by atoms with E-state index in [1.165, 1.54) is 21.7 Å². The van der Waals surface area contributed by atoms with Gasteiger partial charge in [-0.15, -0.1) is 11.3 Å². The number of anilines is 1. The molecule has 0 spiro atoms. The molecule has 1 aliphatic rings. The molecule has 1 N–H and O–H groups in total. The standard InChI is InChI=1S/C15H17NOS/c1-2-14(15-4-3-7-18-15)16-13-6-5-11-9-17-10-12(11)8-13/h3-8,14,16H,2,9-10H2,1H3. The largest absolute Gasteiger partial charge is 0.377 e. The summed E-state index contributed by atoms with van der Waals surface area (Å²) in [4.78, 5) is 1.40. The van der Waals surface area contributed by atoms with Crippen molar-refractivity contribution in [3.05, 3.63) is 51.7 Å². The molecule has 2 heterocycles. The summed E-state index contributed by atoms with van der Waals surface area (Å²) in [5.74, 6) is 0. The molecule has 94 valence electrons. The van der Waals surface area contributed by atoms with Crippen molar-refractivity contribution >= 4 is 17.0 Å². The maximum atomic E-state index is 5.45. The maximum Gasteiger partial charge on any atom is 0.0725 e. The Morgan fingerprint density at radius 3 is 2.94 bits per heavy atom. The Labute approximate surface area is 112 Å². The van der Waals surface area contributed by atoms with Gasteiger partial charge in [0.05, 0.1) is 19.3 Å². The molecule has 0 fully saturated rings. The normalized spacial score (nSPS) is 15.4. The van der Waals surface area contributed by atoms with Gasteiger partial charge in [-0.25, -0.2) is 0 Å². The van der Waals surface area contributed by atoms with Crippen molar-refractivity contribution in [1.82, 2.24) is 0 Å². The highest BCUT2D eigenvalue weighted by Gasteiger charge is 2.14. The van der Waals surface area contributed by atoms with Crippen molar-refractivity contribution in [2.45, 2.75) is 32.6 Å². The van der Waals surface area contributed by atoms with Gasteiger partial charge in [-0.05, 0) is 41.1 Å². The summed E-state index contributed by atoms with van der Waals surface area (Å²) in [6, 6.07) is 11.3. The minimum atomic E-state index is 0.408. The number of benzene rings is 1. The number of rotatable bonds is 4. The van der Waals surface area contributed by atoms with Gasteiger partial charge in [-0.1, -0.05) is 19.1 Å². The molecule has 3 heteroatoms. The molecule has 0 radical (unpaired) electrons. The van der Waals surface area contributed by atoms with E-state index < -0.39 is 0 Å². The number of hydrogen-bond donors (Lipinski definition) is 1. The lowest BCUT2D eigenvalue weighted by Gasteiger charge is -2.17. The smallest absolute Gasteiger partial charge is 0.0725 e. The number of nitrogens with one attached hydrogen (secondary N) is 1. The van der Waals surface area contributed by atoms with Gasteiger partial charge in [0.25, 0.3) is 0 Å². The lowest BCUT2D eigenvalue weighted by molar-refractivity contribution is 0.134. The maximum absolute atomic E-state index is 5.45. The molecule has 0 aliphatic carbocycles. The molecule has 0 saturated carbocycles. The molecule has 0 amide bonds. The zero-order chi connectivity index (χ0) is 12.4. The Morgan fingerprint density at radius 1 is 1.28 bits per heavy atom. The molecule has 3 rings (SSSR count). The second kappa shape index (κ2) is 5.12. The lowest BCUT2D eigenvalue weighted by atomic mass is 10.1. The summed E-state index contributed by atoms with van der Waals surface area (Å²) in [5.41, 5.74) is 3.84. The summed E-state index contributed by atoms with van der Waals surface area (Å²) in [6.45, 7) is 3.73. The van der Waals surface area contributed by atoms with Crippen LogP contribution in [0.25, 0.3) is 0 Å². The molecule has 2 nitrogen and oxygen atoms in total. The van der Waals surface area contributed by atoms with Crippen LogP contribution in [0.15, 0.2) is 35.7 Å². The van der Waals surface area contributed by atoms with Crippen molar-refractivity contribution in [1.29, 1.82) is 0 Å². The van der Waals surface area contributed by atoms with Crippen LogP contribution in [0.3, 0.4) is 0 Å². The number of hydrogen-bond acceptors (Lipinski definition) is 3. The van der Waals surface area contributed by atoms with Crippen LogP contribution in [0.2, 0.25) is 0 Å². The molecule has 1 aromatic heterocycles. The summed E-state index contributed by atoms with van der Waals surface area (Å²) in [7, 11) is 0. The van der Waals surface area contributed by atoms with Crippen molar-refractivity contribution < 1.29 is 4.74 Å². The van der Waals surface area contributed by atoms with E-state index in [1.807, 2.05) is 11.3 Å². The molecule has 1 aliphatic heterocycles. The Bertz CT molecular complexity index is 521. The first-order valence-electron chi connectivity index (χ1n) is 6.36. The van der Waals surface area contributed by atoms with Gasteiger partial charge in [0, 0.05) is 10.6 Å². The van der Waals surface area contributed by atoms with Crippen LogP contribution in [0, 0.1) is 0 Å². The monoisotopic (exact) mass is 259 g/mol. The Morgan fingerprint density at radius 2 is 2.17 bits per heavy atom.